The van der Waals surface area contributed by atoms with E-state index in [-0.39, 0.29) is 21.9 Å². The third kappa shape index (κ3) is 5.52. The van der Waals surface area contributed by atoms with Crippen molar-refractivity contribution in [2.75, 3.05) is 0 Å². The number of benzene rings is 3. The van der Waals surface area contributed by atoms with Crippen molar-refractivity contribution in [1.82, 2.24) is 5.43 Å². The molecule has 1 N–H and O–H groups in total. The third-order valence-corrected chi connectivity index (χ3v) is 5.38. The first-order valence-electron chi connectivity index (χ1n) is 8.94. The Morgan fingerprint density at radius 3 is 2.32 bits per heavy atom. The summed E-state index contributed by atoms with van der Waals surface area (Å²) in [5.41, 5.74) is 3.25. The lowest BCUT2D eigenvalue weighted by Gasteiger charge is -2.07. The largest absolute Gasteiger partial charge is 0.379 e. The zero-order valence-corrected chi connectivity index (χ0v) is 17.1. The lowest BCUT2D eigenvalue weighted by atomic mass is 10.2. The van der Waals surface area contributed by atoms with Crippen LogP contribution in [-0.2, 0) is 10.1 Å². The number of carbonyl (C=O) groups excluding carboxylic acids is 1. The van der Waals surface area contributed by atoms with Crippen molar-refractivity contribution in [2.24, 2.45) is 5.10 Å². The van der Waals surface area contributed by atoms with E-state index in [9.17, 15) is 23.3 Å². The van der Waals surface area contributed by atoms with Gasteiger partial charge in [-0.3, -0.25) is 14.9 Å². The fraction of sp³-hybridized carbons (Fsp3) is 0.0476. The molecule has 0 saturated carbocycles. The summed E-state index contributed by atoms with van der Waals surface area (Å²) in [6, 6.07) is 17.8. The number of nitro groups is 1. The molecule has 1 amide bonds. The lowest BCUT2D eigenvalue weighted by Crippen LogP contribution is -2.18. The fourth-order valence-corrected chi connectivity index (χ4v) is 3.47. The predicted molar refractivity (Wildman–Crippen MR) is 114 cm³/mol. The van der Waals surface area contributed by atoms with Crippen molar-refractivity contribution < 1.29 is 22.3 Å². The van der Waals surface area contributed by atoms with Crippen LogP contribution in [0.1, 0.15) is 21.5 Å². The minimum atomic E-state index is -3.96. The Kier molecular flexibility index (Phi) is 6.41. The summed E-state index contributed by atoms with van der Waals surface area (Å²) in [5, 5.41) is 14.8. The van der Waals surface area contributed by atoms with Crippen LogP contribution >= 0.6 is 0 Å². The van der Waals surface area contributed by atoms with Crippen molar-refractivity contribution in [3.63, 3.8) is 0 Å². The minimum absolute atomic E-state index is 0.0430. The number of hydrogen-bond acceptors (Lipinski definition) is 7. The average Bonchev–Trinajstić information content (AvgIpc) is 2.75. The normalized spacial score (nSPS) is 11.3. The molecule has 3 aromatic carbocycles. The van der Waals surface area contributed by atoms with E-state index in [4.69, 9.17) is 4.18 Å². The number of nitro benzene ring substituents is 1. The molecule has 0 unspecified atom stereocenters. The van der Waals surface area contributed by atoms with Gasteiger partial charge in [0.15, 0.2) is 0 Å². The first kappa shape index (κ1) is 21.7. The maximum absolute atomic E-state index is 12.3. The Bertz CT molecular complexity index is 1240. The van der Waals surface area contributed by atoms with Crippen molar-refractivity contribution in [3.05, 3.63) is 99.6 Å². The summed E-state index contributed by atoms with van der Waals surface area (Å²) in [4.78, 5) is 22.5. The molecule has 0 aliphatic heterocycles. The Morgan fingerprint density at radius 2 is 1.68 bits per heavy atom. The smallest absolute Gasteiger partial charge is 0.339 e. The van der Waals surface area contributed by atoms with Gasteiger partial charge in [0.2, 0.25) is 0 Å². The first-order chi connectivity index (χ1) is 14.8. The molecule has 3 aromatic rings. The number of aryl methyl sites for hydroxylation is 1. The molecule has 3 rings (SSSR count). The number of carbonyl (C=O) groups is 1. The highest BCUT2D eigenvalue weighted by molar-refractivity contribution is 7.87. The van der Waals surface area contributed by atoms with Gasteiger partial charge in [0.25, 0.3) is 11.6 Å². The highest BCUT2D eigenvalue weighted by atomic mass is 32.2. The molecule has 0 radical (unpaired) electrons. The van der Waals surface area contributed by atoms with Crippen LogP contribution in [0.3, 0.4) is 0 Å². The zero-order valence-electron chi connectivity index (χ0n) is 16.3. The molecule has 0 aliphatic carbocycles. The van der Waals surface area contributed by atoms with Gasteiger partial charge in [-0.2, -0.15) is 13.5 Å². The van der Waals surface area contributed by atoms with Crippen LogP contribution in [0.25, 0.3) is 0 Å². The molecular weight excluding hydrogens is 422 g/mol. The molecule has 0 aliphatic rings. The second-order valence-corrected chi connectivity index (χ2v) is 7.94. The van der Waals surface area contributed by atoms with Crippen LogP contribution < -0.4 is 9.61 Å². The molecule has 0 spiro atoms. The summed E-state index contributed by atoms with van der Waals surface area (Å²) >= 11 is 0. The van der Waals surface area contributed by atoms with Crippen molar-refractivity contribution in [1.29, 1.82) is 0 Å². The molecule has 158 valence electrons. The van der Waals surface area contributed by atoms with E-state index in [1.807, 2.05) is 6.92 Å². The van der Waals surface area contributed by atoms with Gasteiger partial charge in [-0.25, -0.2) is 5.43 Å². The number of nitrogens with one attached hydrogen (secondary N) is 1. The van der Waals surface area contributed by atoms with E-state index >= 15 is 0 Å². The molecule has 0 fully saturated rings. The van der Waals surface area contributed by atoms with Gasteiger partial charge in [0.1, 0.15) is 16.2 Å². The molecule has 9 nitrogen and oxygen atoms in total. The number of nitrogens with zero attached hydrogens (tertiary/aromatic N) is 2. The minimum Gasteiger partial charge on any atom is -0.379 e. The van der Waals surface area contributed by atoms with E-state index in [1.165, 1.54) is 54.7 Å². The lowest BCUT2D eigenvalue weighted by molar-refractivity contribution is -0.385. The van der Waals surface area contributed by atoms with Gasteiger partial charge < -0.3 is 4.18 Å². The van der Waals surface area contributed by atoms with Gasteiger partial charge >= 0.3 is 10.1 Å². The van der Waals surface area contributed by atoms with Crippen LogP contribution in [0, 0.1) is 17.0 Å². The monoisotopic (exact) mass is 439 g/mol. The maximum Gasteiger partial charge on any atom is 0.339 e. The van der Waals surface area contributed by atoms with Crippen LogP contribution in [0.4, 0.5) is 5.69 Å². The number of amides is 1. The first-order valence-corrected chi connectivity index (χ1v) is 10.3. The Hall–Kier alpha value is -4.05. The van der Waals surface area contributed by atoms with E-state index < -0.39 is 20.9 Å². The number of hydrogen-bond donors (Lipinski definition) is 1. The summed E-state index contributed by atoms with van der Waals surface area (Å²) in [6.45, 7) is 1.85. The van der Waals surface area contributed by atoms with E-state index in [2.05, 4.69) is 10.5 Å². The summed E-state index contributed by atoms with van der Waals surface area (Å²) < 4.78 is 29.7. The second-order valence-electron chi connectivity index (χ2n) is 6.39. The third-order valence-electron chi connectivity index (χ3n) is 4.12. The number of rotatable bonds is 7. The van der Waals surface area contributed by atoms with Gasteiger partial charge in [0.05, 0.1) is 11.1 Å². The topological polar surface area (TPSA) is 128 Å². The van der Waals surface area contributed by atoms with Crippen LogP contribution in [0.15, 0.2) is 82.8 Å². The molecule has 0 saturated heterocycles. The Labute approximate surface area is 178 Å². The molecular formula is C21H17N3O6S. The molecule has 0 heterocycles. The standard InChI is InChI=1S/C21H17N3O6S/c1-15-6-12-18(13-7-15)31(28,29)30-17-10-8-16(9-11-17)14-22-23-21(25)19-4-2-3-5-20(19)24(26)27/h2-14H,1H3,(H,23,25)/b22-14+. The second kappa shape index (κ2) is 9.18. The van der Waals surface area contributed by atoms with Crippen LogP contribution in [-0.4, -0.2) is 25.5 Å². The quantitative estimate of drug-likeness (QED) is 0.260. The van der Waals surface area contributed by atoms with Crippen molar-refractivity contribution in [2.45, 2.75) is 11.8 Å². The van der Waals surface area contributed by atoms with E-state index in [0.717, 1.165) is 5.56 Å². The van der Waals surface area contributed by atoms with Gasteiger partial charge in [-0.1, -0.05) is 29.8 Å². The SMILES string of the molecule is Cc1ccc(S(=O)(=O)Oc2ccc(/C=N/NC(=O)c3ccccc3[N+](=O)[O-])cc2)cc1. The number of hydrazone groups is 1. The van der Waals surface area contributed by atoms with Crippen molar-refractivity contribution >= 4 is 27.9 Å². The number of para-hydroxylation sites is 1. The predicted octanol–water partition coefficient (Wildman–Crippen LogP) is 3.43. The van der Waals surface area contributed by atoms with Crippen LogP contribution in [0.2, 0.25) is 0 Å². The highest BCUT2D eigenvalue weighted by Crippen LogP contribution is 2.20. The van der Waals surface area contributed by atoms with Crippen LogP contribution in [0.5, 0.6) is 5.75 Å². The Morgan fingerprint density at radius 1 is 1.03 bits per heavy atom. The molecule has 0 atom stereocenters. The van der Waals surface area contributed by atoms with Crippen molar-refractivity contribution in [3.8, 4) is 5.75 Å². The van der Waals surface area contributed by atoms with Gasteiger partial charge in [-0.05, 0) is 55.0 Å². The van der Waals surface area contributed by atoms with Gasteiger partial charge in [0, 0.05) is 6.07 Å². The fourth-order valence-electron chi connectivity index (χ4n) is 2.54. The molecule has 0 aromatic heterocycles. The molecule has 10 heteroatoms. The molecule has 0 bridgehead atoms. The molecule has 31 heavy (non-hydrogen) atoms. The summed E-state index contributed by atoms with van der Waals surface area (Å²) in [6.07, 6.45) is 1.31. The van der Waals surface area contributed by atoms with E-state index in [1.54, 1.807) is 24.3 Å². The maximum atomic E-state index is 12.3. The zero-order chi connectivity index (χ0) is 22.4. The average molecular weight is 439 g/mol. The van der Waals surface area contributed by atoms with E-state index in [0.29, 0.717) is 5.56 Å². The summed E-state index contributed by atoms with van der Waals surface area (Å²) in [5.74, 6) is -0.616. The Balaban J connectivity index is 1.64. The summed E-state index contributed by atoms with van der Waals surface area (Å²) in [7, 11) is -3.96. The highest BCUT2D eigenvalue weighted by Gasteiger charge is 2.18. The van der Waals surface area contributed by atoms with Gasteiger partial charge in [-0.15, -0.1) is 0 Å².